The van der Waals surface area contributed by atoms with Gasteiger partial charge >= 0.3 is 0 Å². The second kappa shape index (κ2) is 8.88. The number of aromatic nitrogens is 3. The van der Waals surface area contributed by atoms with Crippen molar-refractivity contribution in [3.8, 4) is 28.3 Å². The van der Waals surface area contributed by atoms with Gasteiger partial charge in [0.05, 0.1) is 19.2 Å². The first kappa shape index (κ1) is 20.9. The summed E-state index contributed by atoms with van der Waals surface area (Å²) in [5, 5.41) is 0.591. The largest absolute Gasteiger partial charge is 0.497 e. The van der Waals surface area contributed by atoms with E-state index in [4.69, 9.17) is 21.3 Å². The van der Waals surface area contributed by atoms with Crippen LogP contribution in [0.15, 0.2) is 91.1 Å². The fraction of sp³-hybridized carbons (Fsp3) is 0.0741. The molecule has 0 atom stereocenters. The average molecular weight is 454 g/mol. The molecule has 2 aromatic heterocycles. The molecule has 0 amide bonds. The Morgan fingerprint density at radius 3 is 2.42 bits per heavy atom. The molecule has 5 nitrogen and oxygen atoms in total. The van der Waals surface area contributed by atoms with Crippen LogP contribution in [0.3, 0.4) is 0 Å². The van der Waals surface area contributed by atoms with E-state index in [0.717, 1.165) is 22.2 Å². The predicted octanol–water partition coefficient (Wildman–Crippen LogP) is 6.31. The van der Waals surface area contributed by atoms with Gasteiger partial charge in [-0.2, -0.15) is 0 Å². The molecule has 3 aromatic carbocycles. The molecule has 0 bridgehead atoms. The van der Waals surface area contributed by atoms with Crippen molar-refractivity contribution >= 4 is 28.5 Å². The number of ether oxygens (including phenoxy) is 1. The number of carbonyl (C=O) groups is 1. The minimum Gasteiger partial charge on any atom is -0.497 e. The highest BCUT2D eigenvalue weighted by atomic mass is 35.5. The van der Waals surface area contributed by atoms with E-state index in [9.17, 15) is 4.79 Å². The fourth-order valence-corrected chi connectivity index (χ4v) is 3.93. The van der Waals surface area contributed by atoms with E-state index in [0.29, 0.717) is 27.8 Å². The molecule has 0 spiro atoms. The van der Waals surface area contributed by atoms with Crippen molar-refractivity contribution in [2.24, 2.45) is 0 Å². The zero-order valence-electron chi connectivity index (χ0n) is 17.9. The Labute approximate surface area is 196 Å². The smallest absolute Gasteiger partial charge is 0.182 e. The SMILES string of the molecule is COc1cccc(-c2nc3ncc(-c4ccccc4)cc3n2CC(=O)c2ccc(Cl)cc2)c1. The molecule has 5 rings (SSSR count). The molecule has 0 aliphatic carbocycles. The van der Waals surface area contributed by atoms with Gasteiger partial charge in [0, 0.05) is 27.9 Å². The van der Waals surface area contributed by atoms with Crippen molar-refractivity contribution in [2.75, 3.05) is 7.11 Å². The number of rotatable bonds is 6. The Hall–Kier alpha value is -3.96. The maximum Gasteiger partial charge on any atom is 0.182 e. The number of carbonyl (C=O) groups excluding carboxylic acids is 1. The number of benzene rings is 3. The Kier molecular flexibility index (Phi) is 5.63. The number of fused-ring (bicyclic) bond motifs is 1. The molecule has 0 radical (unpaired) electrons. The Bertz CT molecular complexity index is 1440. The predicted molar refractivity (Wildman–Crippen MR) is 131 cm³/mol. The number of hydrogen-bond donors (Lipinski definition) is 0. The van der Waals surface area contributed by atoms with Gasteiger partial charge in [0.15, 0.2) is 11.4 Å². The summed E-state index contributed by atoms with van der Waals surface area (Å²) in [5.41, 5.74) is 4.81. The molecule has 2 heterocycles. The molecule has 0 saturated heterocycles. The minimum absolute atomic E-state index is 0.0415. The molecule has 6 heteroatoms. The monoisotopic (exact) mass is 453 g/mol. The van der Waals surface area contributed by atoms with Crippen LogP contribution in [-0.2, 0) is 6.54 Å². The summed E-state index contributed by atoms with van der Waals surface area (Å²) in [5.74, 6) is 1.33. The highest BCUT2D eigenvalue weighted by Crippen LogP contribution is 2.29. The van der Waals surface area contributed by atoms with E-state index in [2.05, 4.69) is 4.98 Å². The lowest BCUT2D eigenvalue weighted by atomic mass is 10.1. The number of methoxy groups -OCH3 is 1. The molecule has 5 aromatic rings. The van der Waals surface area contributed by atoms with Gasteiger partial charge in [0.2, 0.25) is 0 Å². The van der Waals surface area contributed by atoms with Crippen LogP contribution in [0, 0.1) is 0 Å². The summed E-state index contributed by atoms with van der Waals surface area (Å²) in [6.45, 7) is 0.116. The van der Waals surface area contributed by atoms with E-state index >= 15 is 0 Å². The minimum atomic E-state index is -0.0415. The normalized spacial score (nSPS) is 11.0. The lowest BCUT2D eigenvalue weighted by Crippen LogP contribution is -2.11. The molecular weight excluding hydrogens is 434 g/mol. The Balaban J connectivity index is 1.66. The lowest BCUT2D eigenvalue weighted by molar-refractivity contribution is 0.0974. The number of Topliss-reactive ketones (excluding diaryl/α,β-unsaturated/α-hetero) is 1. The zero-order valence-corrected chi connectivity index (χ0v) is 18.7. The summed E-state index contributed by atoms with van der Waals surface area (Å²) < 4.78 is 7.31. The van der Waals surface area contributed by atoms with Crippen LogP contribution in [0.1, 0.15) is 10.4 Å². The first-order valence-corrected chi connectivity index (χ1v) is 10.8. The third kappa shape index (κ3) is 4.23. The van der Waals surface area contributed by atoms with E-state index < -0.39 is 0 Å². The molecular formula is C27H20ClN3O2. The zero-order chi connectivity index (χ0) is 22.8. The summed E-state index contributed by atoms with van der Waals surface area (Å²) in [6, 6.07) is 26.6. The number of hydrogen-bond acceptors (Lipinski definition) is 4. The second-order valence-corrected chi connectivity index (χ2v) is 8.05. The number of pyridine rings is 1. The van der Waals surface area contributed by atoms with Crippen LogP contribution in [-0.4, -0.2) is 27.4 Å². The number of halogens is 1. The summed E-state index contributed by atoms with van der Waals surface area (Å²) in [7, 11) is 1.62. The summed E-state index contributed by atoms with van der Waals surface area (Å²) in [4.78, 5) is 22.6. The van der Waals surface area contributed by atoms with Gasteiger partial charge < -0.3 is 9.30 Å². The molecule has 0 N–H and O–H groups in total. The summed E-state index contributed by atoms with van der Waals surface area (Å²) >= 11 is 6.00. The van der Waals surface area contributed by atoms with Gasteiger partial charge in [-0.25, -0.2) is 9.97 Å². The maximum absolute atomic E-state index is 13.2. The topological polar surface area (TPSA) is 57.0 Å². The van der Waals surface area contributed by atoms with Crippen LogP contribution in [0.2, 0.25) is 5.02 Å². The molecule has 162 valence electrons. The first-order valence-electron chi connectivity index (χ1n) is 10.5. The molecule has 0 saturated carbocycles. The highest BCUT2D eigenvalue weighted by molar-refractivity contribution is 6.30. The van der Waals surface area contributed by atoms with Crippen molar-refractivity contribution in [1.82, 2.24) is 14.5 Å². The van der Waals surface area contributed by atoms with Gasteiger partial charge in [0.1, 0.15) is 11.6 Å². The third-order valence-electron chi connectivity index (χ3n) is 5.51. The molecule has 0 unspecified atom stereocenters. The maximum atomic E-state index is 13.2. The quantitative estimate of drug-likeness (QED) is 0.283. The Morgan fingerprint density at radius 2 is 1.67 bits per heavy atom. The molecule has 0 aliphatic heterocycles. The van der Waals surface area contributed by atoms with E-state index in [1.54, 1.807) is 31.4 Å². The molecule has 0 fully saturated rings. The highest BCUT2D eigenvalue weighted by Gasteiger charge is 2.18. The lowest BCUT2D eigenvalue weighted by Gasteiger charge is -2.10. The van der Waals surface area contributed by atoms with Crippen molar-refractivity contribution < 1.29 is 9.53 Å². The standard InChI is InChI=1S/C27H20ClN3O2/c1-33-23-9-5-8-20(14-23)27-30-26-24(15-21(16-29-26)18-6-3-2-4-7-18)31(27)17-25(32)19-10-12-22(28)13-11-19/h2-16H,17H2,1H3. The van der Waals surface area contributed by atoms with E-state index in [1.165, 1.54) is 0 Å². The van der Waals surface area contributed by atoms with Crippen LogP contribution < -0.4 is 4.74 Å². The van der Waals surface area contributed by atoms with Crippen LogP contribution in [0.5, 0.6) is 5.75 Å². The van der Waals surface area contributed by atoms with E-state index in [-0.39, 0.29) is 12.3 Å². The van der Waals surface area contributed by atoms with Gasteiger partial charge in [-0.15, -0.1) is 0 Å². The number of nitrogens with zero attached hydrogens (tertiary/aromatic N) is 3. The van der Waals surface area contributed by atoms with Crippen LogP contribution >= 0.6 is 11.6 Å². The van der Waals surface area contributed by atoms with E-state index in [1.807, 2.05) is 71.4 Å². The second-order valence-electron chi connectivity index (χ2n) is 7.62. The first-order chi connectivity index (χ1) is 16.1. The van der Waals surface area contributed by atoms with Crippen molar-refractivity contribution in [3.63, 3.8) is 0 Å². The van der Waals surface area contributed by atoms with Gasteiger partial charge in [0.25, 0.3) is 0 Å². The van der Waals surface area contributed by atoms with Crippen molar-refractivity contribution in [2.45, 2.75) is 6.54 Å². The van der Waals surface area contributed by atoms with Gasteiger partial charge in [-0.3, -0.25) is 4.79 Å². The van der Waals surface area contributed by atoms with Crippen molar-refractivity contribution in [1.29, 1.82) is 0 Å². The van der Waals surface area contributed by atoms with Crippen molar-refractivity contribution in [3.05, 3.63) is 102 Å². The van der Waals surface area contributed by atoms with Crippen LogP contribution in [0.25, 0.3) is 33.7 Å². The molecule has 33 heavy (non-hydrogen) atoms. The third-order valence-corrected chi connectivity index (χ3v) is 5.76. The van der Waals surface area contributed by atoms with Gasteiger partial charge in [-0.1, -0.05) is 54.1 Å². The molecule has 0 aliphatic rings. The Morgan fingerprint density at radius 1 is 0.909 bits per heavy atom. The average Bonchev–Trinajstić information content (AvgIpc) is 3.22. The van der Waals surface area contributed by atoms with Gasteiger partial charge in [-0.05, 0) is 48.0 Å². The fourth-order valence-electron chi connectivity index (χ4n) is 3.81. The number of ketones is 1. The van der Waals surface area contributed by atoms with Crippen LogP contribution in [0.4, 0.5) is 0 Å². The number of imidazole rings is 1. The summed E-state index contributed by atoms with van der Waals surface area (Å²) in [6.07, 6.45) is 1.81.